The smallest absolute Gasteiger partial charge is 0.247 e. The van der Waals surface area contributed by atoms with Crippen LogP contribution in [0.1, 0.15) is 0 Å². The van der Waals surface area contributed by atoms with E-state index in [0.717, 1.165) is 16.7 Å². The topological polar surface area (TPSA) is 55.1 Å². The van der Waals surface area contributed by atoms with Crippen molar-refractivity contribution >= 4 is 23.2 Å². The maximum absolute atomic E-state index is 11.3. The lowest BCUT2D eigenvalue weighted by Gasteiger charge is -2.08. The van der Waals surface area contributed by atoms with Crippen molar-refractivity contribution in [3.05, 3.63) is 72.6 Å². The van der Waals surface area contributed by atoms with E-state index >= 15 is 0 Å². The van der Waals surface area contributed by atoms with E-state index in [1.54, 1.807) is 6.20 Å². The summed E-state index contributed by atoms with van der Waals surface area (Å²) in [5, 5.41) is 3.33. The molecule has 3 rings (SSSR count). The van der Waals surface area contributed by atoms with E-state index in [1.165, 1.54) is 12.3 Å². The molecule has 0 aliphatic carbocycles. The number of benzene rings is 2. The zero-order valence-corrected chi connectivity index (χ0v) is 12.9. The molecule has 1 aromatic heterocycles. The molecule has 0 saturated carbocycles. The van der Waals surface area contributed by atoms with Gasteiger partial charge in [-0.2, -0.15) is 0 Å². The number of hydrogen-bond donors (Lipinski definition) is 1. The first kappa shape index (κ1) is 15.1. The minimum atomic E-state index is -0.248. The molecule has 5 heteroatoms. The summed E-state index contributed by atoms with van der Waals surface area (Å²) >= 11 is 6.30. The molecular formula is C18H13ClN2O2. The molecule has 0 unspecified atom stereocenters. The average Bonchev–Trinajstić information content (AvgIpc) is 3.10. The van der Waals surface area contributed by atoms with Crippen molar-refractivity contribution in [3.8, 4) is 22.6 Å². The van der Waals surface area contributed by atoms with Crippen LogP contribution in [-0.4, -0.2) is 10.9 Å². The first-order chi connectivity index (χ1) is 11.2. The summed E-state index contributed by atoms with van der Waals surface area (Å²) in [5.41, 5.74) is 3.33. The highest BCUT2D eigenvalue weighted by atomic mass is 35.5. The lowest BCUT2D eigenvalue weighted by Crippen LogP contribution is -2.06. The molecular weight excluding hydrogens is 312 g/mol. The van der Waals surface area contributed by atoms with Gasteiger partial charge in [0, 0.05) is 21.8 Å². The van der Waals surface area contributed by atoms with Gasteiger partial charge in [0.25, 0.3) is 0 Å². The van der Waals surface area contributed by atoms with Crippen molar-refractivity contribution < 1.29 is 9.21 Å². The zero-order valence-electron chi connectivity index (χ0n) is 12.1. The number of carbonyl (C=O) groups is 1. The number of nitrogens with one attached hydrogen (secondary N) is 1. The molecule has 0 aliphatic heterocycles. The Labute approximate surface area is 138 Å². The predicted molar refractivity (Wildman–Crippen MR) is 91.2 cm³/mol. The van der Waals surface area contributed by atoms with Crippen LogP contribution in [0.2, 0.25) is 5.02 Å². The Kier molecular flexibility index (Phi) is 4.26. The van der Waals surface area contributed by atoms with Crippen molar-refractivity contribution in [3.63, 3.8) is 0 Å². The van der Waals surface area contributed by atoms with Crippen LogP contribution in [-0.2, 0) is 4.79 Å². The Morgan fingerprint density at radius 3 is 2.57 bits per heavy atom. The third-order valence-electron chi connectivity index (χ3n) is 3.29. The molecule has 0 bridgehead atoms. The molecule has 4 nitrogen and oxygen atoms in total. The van der Waals surface area contributed by atoms with Crippen molar-refractivity contribution in [2.75, 3.05) is 5.32 Å². The molecule has 114 valence electrons. The molecule has 0 radical (unpaired) electrons. The van der Waals surface area contributed by atoms with Gasteiger partial charge >= 0.3 is 0 Å². The van der Waals surface area contributed by atoms with Crippen LogP contribution in [0.3, 0.4) is 0 Å². The van der Waals surface area contributed by atoms with Gasteiger partial charge in [0.15, 0.2) is 0 Å². The number of rotatable bonds is 4. The van der Waals surface area contributed by atoms with E-state index in [1.807, 2.05) is 42.5 Å². The van der Waals surface area contributed by atoms with Gasteiger partial charge in [0.1, 0.15) is 6.26 Å². The first-order valence-electron chi connectivity index (χ1n) is 6.90. The lowest BCUT2D eigenvalue weighted by atomic mass is 10.0. The van der Waals surface area contributed by atoms with Gasteiger partial charge in [-0.1, -0.05) is 30.3 Å². The van der Waals surface area contributed by atoms with Gasteiger partial charge in [-0.25, -0.2) is 4.98 Å². The monoisotopic (exact) mass is 324 g/mol. The van der Waals surface area contributed by atoms with Crippen LogP contribution in [0.25, 0.3) is 22.6 Å². The van der Waals surface area contributed by atoms with Gasteiger partial charge in [-0.15, -0.1) is 0 Å². The summed E-state index contributed by atoms with van der Waals surface area (Å²) in [5.74, 6) is 0.291. The van der Waals surface area contributed by atoms with Crippen LogP contribution in [0.5, 0.6) is 0 Å². The van der Waals surface area contributed by atoms with Crippen molar-refractivity contribution in [1.29, 1.82) is 0 Å². The Bertz CT molecular complexity index is 840. The zero-order chi connectivity index (χ0) is 16.2. The highest BCUT2D eigenvalue weighted by molar-refractivity contribution is 6.33. The fourth-order valence-electron chi connectivity index (χ4n) is 2.17. The standard InChI is InChI=1S/C18H13ClN2O2/c1-2-17(22)21-14-6-3-12(4-7-14)15-11-13(5-8-16(15)19)18-20-9-10-23-18/h2-11H,1H2,(H,21,22). The van der Waals surface area contributed by atoms with Gasteiger partial charge in [-0.3, -0.25) is 4.79 Å². The summed E-state index contributed by atoms with van der Waals surface area (Å²) in [6.07, 6.45) is 4.35. The summed E-state index contributed by atoms with van der Waals surface area (Å²) in [4.78, 5) is 15.4. The second-order valence-electron chi connectivity index (χ2n) is 4.80. The maximum Gasteiger partial charge on any atom is 0.247 e. The minimum absolute atomic E-state index is 0.248. The fourth-order valence-corrected chi connectivity index (χ4v) is 2.40. The number of carbonyl (C=O) groups excluding carboxylic acids is 1. The molecule has 1 heterocycles. The van der Waals surface area contributed by atoms with E-state index < -0.39 is 0 Å². The second-order valence-corrected chi connectivity index (χ2v) is 5.21. The van der Waals surface area contributed by atoms with E-state index in [4.69, 9.17) is 16.0 Å². The summed E-state index contributed by atoms with van der Waals surface area (Å²) in [6, 6.07) is 13.0. The molecule has 0 aliphatic rings. The summed E-state index contributed by atoms with van der Waals surface area (Å²) in [7, 11) is 0. The molecule has 0 spiro atoms. The second kappa shape index (κ2) is 6.50. The summed E-state index contributed by atoms with van der Waals surface area (Å²) in [6.45, 7) is 3.42. The number of hydrogen-bond acceptors (Lipinski definition) is 3. The van der Waals surface area contributed by atoms with Crippen molar-refractivity contribution in [2.45, 2.75) is 0 Å². The highest BCUT2D eigenvalue weighted by Gasteiger charge is 2.09. The van der Waals surface area contributed by atoms with E-state index in [0.29, 0.717) is 16.6 Å². The van der Waals surface area contributed by atoms with E-state index in [-0.39, 0.29) is 5.91 Å². The van der Waals surface area contributed by atoms with Crippen LogP contribution in [0.15, 0.2) is 72.0 Å². The number of amides is 1. The molecule has 1 amide bonds. The third-order valence-corrected chi connectivity index (χ3v) is 3.62. The van der Waals surface area contributed by atoms with E-state index in [2.05, 4.69) is 16.9 Å². The average molecular weight is 325 g/mol. The van der Waals surface area contributed by atoms with Crippen molar-refractivity contribution in [1.82, 2.24) is 4.98 Å². The molecule has 1 N–H and O–H groups in total. The molecule has 23 heavy (non-hydrogen) atoms. The molecule has 0 fully saturated rings. The van der Waals surface area contributed by atoms with Crippen molar-refractivity contribution in [2.24, 2.45) is 0 Å². The predicted octanol–water partition coefficient (Wildman–Crippen LogP) is 4.79. The molecule has 0 atom stereocenters. The van der Waals surface area contributed by atoms with Gasteiger partial charge in [-0.05, 0) is 42.0 Å². The Hall–Kier alpha value is -2.85. The Morgan fingerprint density at radius 1 is 1.17 bits per heavy atom. The van der Waals surface area contributed by atoms with Crippen LogP contribution in [0.4, 0.5) is 5.69 Å². The minimum Gasteiger partial charge on any atom is -0.445 e. The number of halogens is 1. The quantitative estimate of drug-likeness (QED) is 0.702. The van der Waals surface area contributed by atoms with Crippen LogP contribution < -0.4 is 5.32 Å². The van der Waals surface area contributed by atoms with Gasteiger partial charge < -0.3 is 9.73 Å². The maximum atomic E-state index is 11.3. The SMILES string of the molecule is C=CC(=O)Nc1ccc(-c2cc(-c3ncco3)ccc2Cl)cc1. The molecule has 3 aromatic rings. The number of aromatic nitrogens is 1. The van der Waals surface area contributed by atoms with Gasteiger partial charge in [0.05, 0.1) is 6.20 Å². The Morgan fingerprint density at radius 2 is 1.91 bits per heavy atom. The van der Waals surface area contributed by atoms with Crippen LogP contribution >= 0.6 is 11.6 Å². The lowest BCUT2D eigenvalue weighted by molar-refractivity contribution is -0.111. The van der Waals surface area contributed by atoms with E-state index in [9.17, 15) is 4.79 Å². The largest absolute Gasteiger partial charge is 0.445 e. The Balaban J connectivity index is 1.93. The van der Waals surface area contributed by atoms with Gasteiger partial charge in [0.2, 0.25) is 11.8 Å². The van der Waals surface area contributed by atoms with Crippen LogP contribution in [0, 0.1) is 0 Å². The number of anilines is 1. The summed E-state index contributed by atoms with van der Waals surface area (Å²) < 4.78 is 5.31. The highest BCUT2D eigenvalue weighted by Crippen LogP contribution is 2.32. The molecule has 0 saturated heterocycles. The number of oxazole rings is 1. The normalized spacial score (nSPS) is 10.3. The molecule has 2 aromatic carbocycles. The first-order valence-corrected chi connectivity index (χ1v) is 7.28. The third kappa shape index (κ3) is 3.33. The fraction of sp³-hybridized carbons (Fsp3) is 0. The number of nitrogens with zero attached hydrogens (tertiary/aromatic N) is 1.